The van der Waals surface area contributed by atoms with Crippen LogP contribution < -0.4 is 15.8 Å². The van der Waals surface area contributed by atoms with Gasteiger partial charge in [-0.3, -0.25) is 4.79 Å². The molecule has 0 spiro atoms. The van der Waals surface area contributed by atoms with Crippen molar-refractivity contribution >= 4 is 61.5 Å². The maximum absolute atomic E-state index is 12.8. The van der Waals surface area contributed by atoms with Crippen LogP contribution in [0.25, 0.3) is 10.1 Å². The lowest BCUT2D eigenvalue weighted by atomic mass is 10.1. The molecule has 3 heterocycles. The molecule has 0 aliphatic carbocycles. The van der Waals surface area contributed by atoms with Crippen LogP contribution in [-0.4, -0.2) is 42.0 Å². The molecule has 32 heavy (non-hydrogen) atoms. The fraction of sp³-hybridized carbons (Fsp3) is 0.391. The Labute approximate surface area is 207 Å². The van der Waals surface area contributed by atoms with Gasteiger partial charge in [0, 0.05) is 28.2 Å². The van der Waals surface area contributed by atoms with Gasteiger partial charge in [-0.2, -0.15) is 0 Å². The predicted octanol–water partition coefficient (Wildman–Crippen LogP) is 5.25. The van der Waals surface area contributed by atoms with Crippen LogP contribution in [0.4, 0.5) is 5.82 Å². The van der Waals surface area contributed by atoms with E-state index in [0.717, 1.165) is 45.3 Å². The zero-order valence-corrected chi connectivity index (χ0v) is 21.0. The van der Waals surface area contributed by atoms with Gasteiger partial charge in [0.1, 0.15) is 18.2 Å². The van der Waals surface area contributed by atoms with E-state index >= 15 is 0 Å². The fourth-order valence-electron chi connectivity index (χ4n) is 3.85. The van der Waals surface area contributed by atoms with Gasteiger partial charge in [-0.25, -0.2) is 4.98 Å². The topological polar surface area (TPSA) is 80.5 Å². The monoisotopic (exact) mass is 538 g/mol. The van der Waals surface area contributed by atoms with Crippen LogP contribution in [0.2, 0.25) is 0 Å². The van der Waals surface area contributed by atoms with Crippen molar-refractivity contribution in [3.8, 4) is 5.75 Å². The number of nitrogen functional groups attached to an aromatic ring is 1. The molecule has 0 saturated carbocycles. The number of fused-ring (bicyclic) bond motifs is 1. The number of hydrogen-bond donors (Lipinski definition) is 2. The average molecular weight is 540 g/mol. The van der Waals surface area contributed by atoms with Gasteiger partial charge in [-0.05, 0) is 75.0 Å². The molecule has 0 radical (unpaired) electrons. The molecule has 6 nitrogen and oxygen atoms in total. The van der Waals surface area contributed by atoms with E-state index in [2.05, 4.69) is 31.1 Å². The average Bonchev–Trinajstić information content (AvgIpc) is 3.44. The number of nitrogens with two attached hydrogens (primary N) is 1. The quantitative estimate of drug-likeness (QED) is 0.363. The number of aromatic nitrogens is 1. The summed E-state index contributed by atoms with van der Waals surface area (Å²) in [6.45, 7) is 4.59. The number of pyridine rings is 1. The summed E-state index contributed by atoms with van der Waals surface area (Å²) in [6.07, 6.45) is 6.28. The molecule has 1 aromatic carbocycles. The van der Waals surface area contributed by atoms with Crippen LogP contribution >= 0.6 is 39.7 Å². The molecule has 0 atom stereocenters. The van der Waals surface area contributed by atoms with Crippen molar-refractivity contribution in [1.29, 1.82) is 0 Å². The van der Waals surface area contributed by atoms with Crippen LogP contribution in [0.15, 0.2) is 40.3 Å². The first-order valence-electron chi connectivity index (χ1n) is 10.7. The highest BCUT2D eigenvalue weighted by Gasteiger charge is 2.17. The lowest BCUT2D eigenvalue weighted by molar-refractivity contribution is 0.0954. The molecular formula is C23H28BrClN4O2S. The number of unbranched alkanes of at least 4 members (excludes halogenated alkanes) is 1. The first-order chi connectivity index (χ1) is 15.1. The summed E-state index contributed by atoms with van der Waals surface area (Å²) in [5.41, 5.74) is 7.67. The summed E-state index contributed by atoms with van der Waals surface area (Å²) >= 11 is 4.93. The Hall–Kier alpha value is -1.87. The molecule has 0 bridgehead atoms. The van der Waals surface area contributed by atoms with Crippen molar-refractivity contribution in [2.45, 2.75) is 32.3 Å². The number of hydrogen-bond acceptors (Lipinski definition) is 6. The number of nitrogens with zero attached hydrogens (tertiary/aromatic N) is 2. The van der Waals surface area contributed by atoms with E-state index in [9.17, 15) is 4.79 Å². The van der Waals surface area contributed by atoms with E-state index in [4.69, 9.17) is 10.5 Å². The molecule has 1 aliphatic rings. The van der Waals surface area contributed by atoms with E-state index in [-0.39, 0.29) is 18.3 Å². The molecule has 9 heteroatoms. The lowest BCUT2D eigenvalue weighted by Gasteiger charge is -2.14. The Morgan fingerprint density at radius 2 is 1.97 bits per heavy atom. The van der Waals surface area contributed by atoms with Gasteiger partial charge in [0.2, 0.25) is 0 Å². The standard InChI is InChI=1S/C23H27BrN4O2S.ClH/c24-17-5-7-18(8-6-17)30-14-16-15-31-21-19(13-27-22(25)20(16)21)23(29)26-9-1-2-10-28-11-3-4-12-28;/h5-8,13,15H,1-4,9-12,14H2,(H2,25,27)(H,26,29);1H. The van der Waals surface area contributed by atoms with Gasteiger partial charge in [-0.1, -0.05) is 15.9 Å². The maximum atomic E-state index is 12.8. The molecule has 1 aliphatic heterocycles. The molecule has 172 valence electrons. The number of rotatable bonds is 9. The number of halogens is 2. The third-order valence-corrected chi connectivity index (χ3v) is 7.13. The number of anilines is 1. The van der Waals surface area contributed by atoms with Crippen LogP contribution in [0.1, 0.15) is 41.6 Å². The molecule has 4 rings (SSSR count). The Morgan fingerprint density at radius 3 is 2.72 bits per heavy atom. The van der Waals surface area contributed by atoms with Gasteiger partial charge in [0.15, 0.2) is 0 Å². The molecule has 3 N–H and O–H groups in total. The van der Waals surface area contributed by atoms with Crippen molar-refractivity contribution in [3.63, 3.8) is 0 Å². The van der Waals surface area contributed by atoms with Crippen molar-refractivity contribution in [2.75, 3.05) is 31.9 Å². The smallest absolute Gasteiger partial charge is 0.254 e. The van der Waals surface area contributed by atoms with Crippen LogP contribution in [-0.2, 0) is 6.61 Å². The molecular weight excluding hydrogens is 512 g/mol. The minimum atomic E-state index is -0.0964. The molecule has 1 saturated heterocycles. The normalized spacial score (nSPS) is 13.8. The highest BCUT2D eigenvalue weighted by molar-refractivity contribution is 9.10. The van der Waals surface area contributed by atoms with E-state index in [1.165, 1.54) is 37.3 Å². The van der Waals surface area contributed by atoms with E-state index in [1.54, 1.807) is 6.20 Å². The number of amides is 1. The van der Waals surface area contributed by atoms with Crippen LogP contribution in [0, 0.1) is 0 Å². The van der Waals surface area contributed by atoms with E-state index < -0.39 is 0 Å². The van der Waals surface area contributed by atoms with Gasteiger partial charge in [0.05, 0.1) is 10.3 Å². The third-order valence-electron chi connectivity index (χ3n) is 5.54. The van der Waals surface area contributed by atoms with Crippen molar-refractivity contribution in [2.24, 2.45) is 0 Å². The van der Waals surface area contributed by atoms with Gasteiger partial charge < -0.3 is 20.7 Å². The number of ether oxygens (including phenoxy) is 1. The Kier molecular flexibility index (Phi) is 9.16. The van der Waals surface area contributed by atoms with Gasteiger partial charge in [-0.15, -0.1) is 23.7 Å². The molecule has 2 aromatic heterocycles. The van der Waals surface area contributed by atoms with Crippen molar-refractivity contribution < 1.29 is 9.53 Å². The Balaban J connectivity index is 0.00000289. The van der Waals surface area contributed by atoms with E-state index in [0.29, 0.717) is 24.5 Å². The summed E-state index contributed by atoms with van der Waals surface area (Å²) in [6, 6.07) is 7.68. The molecule has 1 amide bonds. The lowest BCUT2D eigenvalue weighted by Crippen LogP contribution is -2.26. The molecule has 1 fully saturated rings. The van der Waals surface area contributed by atoms with Gasteiger partial charge in [0.25, 0.3) is 5.91 Å². The van der Waals surface area contributed by atoms with Crippen molar-refractivity contribution in [1.82, 2.24) is 15.2 Å². The summed E-state index contributed by atoms with van der Waals surface area (Å²) < 4.78 is 7.76. The maximum Gasteiger partial charge on any atom is 0.254 e. The van der Waals surface area contributed by atoms with Crippen molar-refractivity contribution in [3.05, 3.63) is 51.4 Å². The SMILES string of the molecule is Cl.Nc1ncc(C(=O)NCCCCN2CCCC2)c2scc(COc3ccc(Br)cc3)c12. The summed E-state index contributed by atoms with van der Waals surface area (Å²) in [5, 5.41) is 5.84. The van der Waals surface area contributed by atoms with Crippen LogP contribution in [0.5, 0.6) is 5.75 Å². The minimum Gasteiger partial charge on any atom is -0.489 e. The second-order valence-corrected chi connectivity index (χ2v) is 9.57. The summed E-state index contributed by atoms with van der Waals surface area (Å²) in [4.78, 5) is 19.6. The number of carbonyl (C=O) groups excluding carboxylic acids is 1. The molecule has 3 aromatic rings. The predicted molar refractivity (Wildman–Crippen MR) is 137 cm³/mol. The highest BCUT2D eigenvalue weighted by atomic mass is 79.9. The number of likely N-dealkylation sites (tertiary alicyclic amines) is 1. The largest absolute Gasteiger partial charge is 0.489 e. The zero-order valence-electron chi connectivity index (χ0n) is 17.8. The van der Waals surface area contributed by atoms with Crippen LogP contribution in [0.3, 0.4) is 0 Å². The zero-order chi connectivity index (χ0) is 21.6. The Bertz CT molecular complexity index is 1040. The fourth-order valence-corrected chi connectivity index (χ4v) is 5.19. The summed E-state index contributed by atoms with van der Waals surface area (Å²) in [5.74, 6) is 1.10. The highest BCUT2D eigenvalue weighted by Crippen LogP contribution is 2.33. The minimum absolute atomic E-state index is 0. The Morgan fingerprint density at radius 1 is 1.22 bits per heavy atom. The number of benzene rings is 1. The van der Waals surface area contributed by atoms with E-state index in [1.807, 2.05) is 29.6 Å². The molecule has 0 unspecified atom stereocenters. The number of nitrogens with one attached hydrogen (secondary N) is 1. The third kappa shape index (κ3) is 6.13. The second-order valence-electron chi connectivity index (χ2n) is 7.78. The first-order valence-corrected chi connectivity index (χ1v) is 12.3. The number of carbonyl (C=O) groups is 1. The summed E-state index contributed by atoms with van der Waals surface area (Å²) in [7, 11) is 0. The second kappa shape index (κ2) is 11.8. The number of thiophene rings is 1. The van der Waals surface area contributed by atoms with Gasteiger partial charge >= 0.3 is 0 Å². The first kappa shape index (κ1) is 24.8.